The molecule has 1 saturated carbocycles. The van der Waals surface area contributed by atoms with Crippen LogP contribution in [-0.2, 0) is 0 Å². The monoisotopic (exact) mass is 268 g/mol. The summed E-state index contributed by atoms with van der Waals surface area (Å²) >= 11 is 0. The molecule has 0 bridgehead atoms. The number of hydrogen-bond donors (Lipinski definition) is 1. The average molecular weight is 268 g/mol. The minimum atomic E-state index is 0.495. The Balaban J connectivity index is 1.92. The van der Waals surface area contributed by atoms with E-state index in [0.717, 1.165) is 23.9 Å². The van der Waals surface area contributed by atoms with E-state index in [0.29, 0.717) is 6.04 Å². The summed E-state index contributed by atoms with van der Waals surface area (Å²) in [5, 5.41) is 4.95. The summed E-state index contributed by atoms with van der Waals surface area (Å²) in [5.41, 5.74) is 2.51. The first kappa shape index (κ1) is 13.6. The average Bonchev–Trinajstić information content (AvgIpc) is 2.90. The van der Waals surface area contributed by atoms with E-state index in [1.807, 2.05) is 12.3 Å². The molecule has 3 rings (SSSR count). The number of hydrogen-bond acceptors (Lipinski definition) is 2. The smallest absolute Gasteiger partial charge is 0.0702 e. The summed E-state index contributed by atoms with van der Waals surface area (Å²) < 4.78 is 0. The number of nitrogens with one attached hydrogen (secondary N) is 1. The quantitative estimate of drug-likeness (QED) is 0.893. The second-order valence-electron chi connectivity index (χ2n) is 6.17. The fraction of sp³-hybridized carbons (Fsp3) is 0.500. The molecule has 2 heteroatoms. The predicted octanol–water partition coefficient (Wildman–Crippen LogP) is 4.32. The third-order valence-corrected chi connectivity index (χ3v) is 4.62. The van der Waals surface area contributed by atoms with Gasteiger partial charge in [-0.05, 0) is 55.0 Å². The van der Waals surface area contributed by atoms with E-state index in [-0.39, 0.29) is 0 Å². The van der Waals surface area contributed by atoms with Crippen LogP contribution in [0.5, 0.6) is 0 Å². The molecule has 1 heterocycles. The van der Waals surface area contributed by atoms with Crippen LogP contribution in [0.1, 0.15) is 44.7 Å². The van der Waals surface area contributed by atoms with Gasteiger partial charge in [0.15, 0.2) is 0 Å². The zero-order valence-corrected chi connectivity index (χ0v) is 12.5. The standard InChI is InChI=1S/C18H24N2/c1-3-19-18(15-7-6-13(2)11-15)16-8-9-17-14(12-16)5-4-10-20-17/h4-5,8-10,12-13,15,18-19H,3,6-7,11H2,1-2H3. The van der Waals surface area contributed by atoms with Crippen molar-refractivity contribution in [3.63, 3.8) is 0 Å². The van der Waals surface area contributed by atoms with Crippen molar-refractivity contribution >= 4 is 10.9 Å². The zero-order valence-electron chi connectivity index (χ0n) is 12.5. The number of rotatable bonds is 4. The molecule has 1 fully saturated rings. The lowest BCUT2D eigenvalue weighted by molar-refractivity contribution is 0.365. The minimum absolute atomic E-state index is 0.495. The van der Waals surface area contributed by atoms with Crippen LogP contribution in [0.15, 0.2) is 36.5 Å². The fourth-order valence-corrected chi connectivity index (χ4v) is 3.62. The molecule has 1 aliphatic carbocycles. The summed E-state index contributed by atoms with van der Waals surface area (Å²) in [7, 11) is 0. The van der Waals surface area contributed by atoms with Gasteiger partial charge in [0.2, 0.25) is 0 Å². The zero-order chi connectivity index (χ0) is 13.9. The molecule has 2 nitrogen and oxygen atoms in total. The Hall–Kier alpha value is -1.41. The molecular weight excluding hydrogens is 244 g/mol. The van der Waals surface area contributed by atoms with Gasteiger partial charge in [-0.15, -0.1) is 0 Å². The van der Waals surface area contributed by atoms with Crippen LogP contribution in [0.25, 0.3) is 10.9 Å². The first-order valence-electron chi connectivity index (χ1n) is 7.86. The molecule has 1 aliphatic rings. The number of benzene rings is 1. The SMILES string of the molecule is CCNC(c1ccc2ncccc2c1)C1CCC(C)C1. The maximum Gasteiger partial charge on any atom is 0.0702 e. The number of aromatic nitrogens is 1. The third-order valence-electron chi connectivity index (χ3n) is 4.62. The van der Waals surface area contributed by atoms with Crippen molar-refractivity contribution in [2.24, 2.45) is 11.8 Å². The lowest BCUT2D eigenvalue weighted by Gasteiger charge is -2.25. The van der Waals surface area contributed by atoms with Crippen LogP contribution in [0.3, 0.4) is 0 Å². The molecule has 106 valence electrons. The molecule has 0 aliphatic heterocycles. The fourth-order valence-electron chi connectivity index (χ4n) is 3.62. The minimum Gasteiger partial charge on any atom is -0.310 e. The van der Waals surface area contributed by atoms with Crippen molar-refractivity contribution in [1.29, 1.82) is 0 Å². The van der Waals surface area contributed by atoms with Gasteiger partial charge < -0.3 is 5.32 Å². The Morgan fingerprint density at radius 2 is 2.20 bits per heavy atom. The normalized spacial score (nSPS) is 24.1. The van der Waals surface area contributed by atoms with Gasteiger partial charge in [0.25, 0.3) is 0 Å². The van der Waals surface area contributed by atoms with Gasteiger partial charge in [-0.25, -0.2) is 0 Å². The van der Waals surface area contributed by atoms with Crippen molar-refractivity contribution in [2.45, 2.75) is 39.2 Å². The second kappa shape index (κ2) is 5.92. The van der Waals surface area contributed by atoms with E-state index >= 15 is 0 Å². The molecule has 1 N–H and O–H groups in total. The number of fused-ring (bicyclic) bond motifs is 1. The van der Waals surface area contributed by atoms with Crippen LogP contribution < -0.4 is 5.32 Å². The van der Waals surface area contributed by atoms with Crippen LogP contribution in [-0.4, -0.2) is 11.5 Å². The molecule has 0 radical (unpaired) electrons. The van der Waals surface area contributed by atoms with E-state index < -0.39 is 0 Å². The Kier molecular flexibility index (Phi) is 4.02. The molecule has 2 aromatic rings. The largest absolute Gasteiger partial charge is 0.310 e. The molecule has 1 aromatic carbocycles. The summed E-state index contributed by atoms with van der Waals surface area (Å²) in [6.07, 6.45) is 5.94. The highest BCUT2D eigenvalue weighted by Crippen LogP contribution is 2.39. The van der Waals surface area contributed by atoms with Crippen molar-refractivity contribution in [3.8, 4) is 0 Å². The number of nitrogens with zero attached hydrogens (tertiary/aromatic N) is 1. The lowest BCUT2D eigenvalue weighted by atomic mass is 9.90. The highest BCUT2D eigenvalue weighted by molar-refractivity contribution is 5.79. The van der Waals surface area contributed by atoms with Crippen LogP contribution in [0.2, 0.25) is 0 Å². The van der Waals surface area contributed by atoms with Crippen molar-refractivity contribution in [2.75, 3.05) is 6.54 Å². The van der Waals surface area contributed by atoms with Crippen molar-refractivity contribution in [3.05, 3.63) is 42.1 Å². The Morgan fingerprint density at radius 1 is 1.30 bits per heavy atom. The Labute approximate surface area is 121 Å². The van der Waals surface area contributed by atoms with E-state index in [9.17, 15) is 0 Å². The van der Waals surface area contributed by atoms with Crippen LogP contribution in [0.4, 0.5) is 0 Å². The maximum absolute atomic E-state index is 4.42. The highest BCUT2D eigenvalue weighted by Gasteiger charge is 2.29. The molecule has 3 unspecified atom stereocenters. The third kappa shape index (κ3) is 2.71. The summed E-state index contributed by atoms with van der Waals surface area (Å²) in [6, 6.07) is 11.4. The van der Waals surface area contributed by atoms with Crippen LogP contribution >= 0.6 is 0 Å². The van der Waals surface area contributed by atoms with Gasteiger partial charge >= 0.3 is 0 Å². The van der Waals surface area contributed by atoms with Gasteiger partial charge in [-0.1, -0.05) is 32.4 Å². The maximum atomic E-state index is 4.42. The second-order valence-corrected chi connectivity index (χ2v) is 6.17. The molecule has 1 aromatic heterocycles. The molecule has 0 saturated heterocycles. The predicted molar refractivity (Wildman–Crippen MR) is 84.7 cm³/mol. The first-order valence-corrected chi connectivity index (χ1v) is 7.86. The van der Waals surface area contributed by atoms with Crippen molar-refractivity contribution < 1.29 is 0 Å². The number of pyridine rings is 1. The molecule has 0 amide bonds. The lowest BCUT2D eigenvalue weighted by Crippen LogP contribution is -2.27. The first-order chi connectivity index (χ1) is 9.78. The van der Waals surface area contributed by atoms with Gasteiger partial charge in [0.1, 0.15) is 0 Å². The van der Waals surface area contributed by atoms with E-state index in [1.54, 1.807) is 0 Å². The summed E-state index contributed by atoms with van der Waals surface area (Å²) in [5.74, 6) is 1.65. The highest BCUT2D eigenvalue weighted by atomic mass is 14.9. The van der Waals surface area contributed by atoms with Gasteiger partial charge in [-0.3, -0.25) is 4.98 Å². The molecule has 20 heavy (non-hydrogen) atoms. The summed E-state index contributed by atoms with van der Waals surface area (Å²) in [6.45, 7) is 5.61. The van der Waals surface area contributed by atoms with Gasteiger partial charge in [0.05, 0.1) is 5.52 Å². The molecule has 0 spiro atoms. The van der Waals surface area contributed by atoms with Gasteiger partial charge in [0, 0.05) is 17.6 Å². The molecule has 3 atom stereocenters. The summed E-state index contributed by atoms with van der Waals surface area (Å²) in [4.78, 5) is 4.42. The Morgan fingerprint density at radius 3 is 2.95 bits per heavy atom. The van der Waals surface area contributed by atoms with Crippen LogP contribution in [0, 0.1) is 11.8 Å². The van der Waals surface area contributed by atoms with Crippen molar-refractivity contribution in [1.82, 2.24) is 10.3 Å². The topological polar surface area (TPSA) is 24.9 Å². The van der Waals surface area contributed by atoms with E-state index in [2.05, 4.69) is 48.4 Å². The van der Waals surface area contributed by atoms with E-state index in [1.165, 1.54) is 30.2 Å². The van der Waals surface area contributed by atoms with E-state index in [4.69, 9.17) is 0 Å². The molecular formula is C18H24N2. The van der Waals surface area contributed by atoms with Gasteiger partial charge in [-0.2, -0.15) is 0 Å². The Bertz CT molecular complexity index is 578.